The zero-order chi connectivity index (χ0) is 11.3. The van der Waals surface area contributed by atoms with Crippen molar-refractivity contribution in [1.29, 1.82) is 0 Å². The molecule has 4 nitrogen and oxygen atoms in total. The standard InChI is InChI=1S/C7H10F3N3OS/c1-14-4-2-3-11-6-13-12-5(15-6)7(8,9)10/h2-4H2,1H3,(H,11,13). The van der Waals surface area contributed by atoms with Gasteiger partial charge in [-0.1, -0.05) is 11.3 Å². The largest absolute Gasteiger partial charge is 0.445 e. The Bertz CT molecular complexity index is 302. The van der Waals surface area contributed by atoms with Gasteiger partial charge < -0.3 is 10.1 Å². The normalized spacial score (nSPS) is 11.7. The third-order valence-electron chi connectivity index (χ3n) is 1.47. The first-order valence-electron chi connectivity index (χ1n) is 4.17. The fraction of sp³-hybridized carbons (Fsp3) is 0.714. The Morgan fingerprint density at radius 1 is 1.40 bits per heavy atom. The first-order valence-corrected chi connectivity index (χ1v) is 4.99. The van der Waals surface area contributed by atoms with Crippen LogP contribution >= 0.6 is 11.3 Å². The lowest BCUT2D eigenvalue weighted by Crippen LogP contribution is -2.04. The molecule has 1 aromatic rings. The quantitative estimate of drug-likeness (QED) is 0.801. The maximum absolute atomic E-state index is 12.1. The molecule has 0 aliphatic rings. The molecule has 0 saturated carbocycles. The topological polar surface area (TPSA) is 47.0 Å². The number of rotatable bonds is 5. The van der Waals surface area contributed by atoms with E-state index >= 15 is 0 Å². The van der Waals surface area contributed by atoms with Crippen LogP contribution in [0, 0.1) is 0 Å². The van der Waals surface area contributed by atoms with Crippen LogP contribution in [0.15, 0.2) is 0 Å². The highest BCUT2D eigenvalue weighted by Crippen LogP contribution is 2.32. The van der Waals surface area contributed by atoms with Crippen LogP contribution in [0.5, 0.6) is 0 Å². The number of aromatic nitrogens is 2. The van der Waals surface area contributed by atoms with Crippen molar-refractivity contribution < 1.29 is 17.9 Å². The van der Waals surface area contributed by atoms with Crippen molar-refractivity contribution in [3.8, 4) is 0 Å². The highest BCUT2D eigenvalue weighted by molar-refractivity contribution is 7.15. The van der Waals surface area contributed by atoms with Gasteiger partial charge in [0.05, 0.1) is 0 Å². The van der Waals surface area contributed by atoms with Gasteiger partial charge in [-0.3, -0.25) is 0 Å². The van der Waals surface area contributed by atoms with Crippen molar-refractivity contribution in [3.05, 3.63) is 5.01 Å². The van der Waals surface area contributed by atoms with Crippen LogP contribution in [0.3, 0.4) is 0 Å². The van der Waals surface area contributed by atoms with Crippen LogP contribution < -0.4 is 5.32 Å². The highest BCUT2D eigenvalue weighted by atomic mass is 32.1. The Morgan fingerprint density at radius 3 is 2.67 bits per heavy atom. The van der Waals surface area contributed by atoms with Gasteiger partial charge in [-0.25, -0.2) is 0 Å². The zero-order valence-corrected chi connectivity index (χ0v) is 8.78. The number of anilines is 1. The molecule has 0 aliphatic carbocycles. The van der Waals surface area contributed by atoms with E-state index in [0.29, 0.717) is 30.9 Å². The lowest BCUT2D eigenvalue weighted by Gasteiger charge is -2.00. The highest BCUT2D eigenvalue weighted by Gasteiger charge is 2.35. The molecule has 0 unspecified atom stereocenters. The molecule has 0 aliphatic heterocycles. The van der Waals surface area contributed by atoms with E-state index in [9.17, 15) is 13.2 Å². The fourth-order valence-electron chi connectivity index (χ4n) is 0.821. The summed E-state index contributed by atoms with van der Waals surface area (Å²) >= 11 is 0.499. The lowest BCUT2D eigenvalue weighted by atomic mass is 10.4. The number of halogens is 3. The number of hydrogen-bond acceptors (Lipinski definition) is 5. The van der Waals surface area contributed by atoms with E-state index in [-0.39, 0.29) is 5.13 Å². The first-order chi connectivity index (χ1) is 7.04. The summed E-state index contributed by atoms with van der Waals surface area (Å²) in [6.07, 6.45) is -3.71. The molecule has 0 radical (unpaired) electrons. The van der Waals surface area contributed by atoms with E-state index in [2.05, 4.69) is 15.5 Å². The van der Waals surface area contributed by atoms with Gasteiger partial charge >= 0.3 is 6.18 Å². The summed E-state index contributed by atoms with van der Waals surface area (Å²) in [6, 6.07) is 0. The number of methoxy groups -OCH3 is 1. The molecule has 1 N–H and O–H groups in total. The Hall–Kier alpha value is -0.890. The summed E-state index contributed by atoms with van der Waals surface area (Å²) in [5.41, 5.74) is 0. The summed E-state index contributed by atoms with van der Waals surface area (Å²) in [5, 5.41) is 8.40. The van der Waals surface area contributed by atoms with Crippen molar-refractivity contribution in [2.45, 2.75) is 12.6 Å². The molecule has 0 fully saturated rings. The molecule has 86 valence electrons. The van der Waals surface area contributed by atoms with Crippen molar-refractivity contribution in [3.63, 3.8) is 0 Å². The van der Waals surface area contributed by atoms with Gasteiger partial charge in [-0.15, -0.1) is 10.2 Å². The number of ether oxygens (including phenoxy) is 1. The minimum atomic E-state index is -4.41. The molecule has 1 rings (SSSR count). The maximum atomic E-state index is 12.1. The lowest BCUT2D eigenvalue weighted by molar-refractivity contribution is -0.138. The molecule has 8 heteroatoms. The molecule has 0 saturated heterocycles. The van der Waals surface area contributed by atoms with Gasteiger partial charge in [0, 0.05) is 20.3 Å². The Labute approximate surface area is 88.5 Å². The Balaban J connectivity index is 2.40. The van der Waals surface area contributed by atoms with Crippen molar-refractivity contribution >= 4 is 16.5 Å². The third kappa shape index (κ3) is 4.00. The summed E-state index contributed by atoms with van der Waals surface area (Å²) in [4.78, 5) is 0. The van der Waals surface area contributed by atoms with E-state index in [1.165, 1.54) is 0 Å². The van der Waals surface area contributed by atoms with Gasteiger partial charge in [-0.05, 0) is 6.42 Å². The van der Waals surface area contributed by atoms with E-state index in [4.69, 9.17) is 4.74 Å². The van der Waals surface area contributed by atoms with Crippen molar-refractivity contribution in [2.24, 2.45) is 0 Å². The molecular formula is C7H10F3N3OS. The minimum absolute atomic E-state index is 0.179. The van der Waals surface area contributed by atoms with E-state index < -0.39 is 11.2 Å². The maximum Gasteiger partial charge on any atom is 0.445 e. The smallest absolute Gasteiger partial charge is 0.385 e. The fourth-order valence-corrected chi connectivity index (χ4v) is 1.46. The monoisotopic (exact) mass is 241 g/mol. The van der Waals surface area contributed by atoms with Crippen LogP contribution in [-0.4, -0.2) is 30.5 Å². The second-order valence-electron chi connectivity index (χ2n) is 2.68. The van der Waals surface area contributed by atoms with E-state index in [1.807, 2.05) is 0 Å². The minimum Gasteiger partial charge on any atom is -0.385 e. The predicted molar refractivity (Wildman–Crippen MR) is 49.9 cm³/mol. The molecule has 0 amide bonds. The van der Waals surface area contributed by atoms with Crippen LogP contribution in [0.25, 0.3) is 0 Å². The van der Waals surface area contributed by atoms with Crippen LogP contribution in [0.1, 0.15) is 11.4 Å². The molecule has 1 heterocycles. The second-order valence-corrected chi connectivity index (χ2v) is 3.66. The van der Waals surface area contributed by atoms with Gasteiger partial charge in [-0.2, -0.15) is 13.2 Å². The molecule has 0 spiro atoms. The summed E-state index contributed by atoms with van der Waals surface area (Å²) < 4.78 is 41.1. The number of alkyl halides is 3. The summed E-state index contributed by atoms with van der Waals surface area (Å²) in [6.45, 7) is 1.07. The molecule has 15 heavy (non-hydrogen) atoms. The SMILES string of the molecule is COCCCNc1nnc(C(F)(F)F)s1. The van der Waals surface area contributed by atoms with Crippen LogP contribution in [0.4, 0.5) is 18.3 Å². The second kappa shape index (κ2) is 5.26. The average Bonchev–Trinajstić information content (AvgIpc) is 2.60. The Kier molecular flexibility index (Phi) is 4.28. The van der Waals surface area contributed by atoms with E-state index in [1.54, 1.807) is 7.11 Å². The summed E-state index contributed by atoms with van der Waals surface area (Å²) in [7, 11) is 1.56. The molecular weight excluding hydrogens is 231 g/mol. The molecule has 0 aromatic carbocycles. The summed E-state index contributed by atoms with van der Waals surface area (Å²) in [5.74, 6) is 0. The molecule has 1 aromatic heterocycles. The van der Waals surface area contributed by atoms with Gasteiger partial charge in [0.2, 0.25) is 10.1 Å². The average molecular weight is 241 g/mol. The number of nitrogens with one attached hydrogen (secondary N) is 1. The van der Waals surface area contributed by atoms with Crippen LogP contribution in [0.2, 0.25) is 0 Å². The predicted octanol–water partition coefficient (Wildman–Crippen LogP) is 2.01. The first kappa shape index (κ1) is 12.2. The van der Waals surface area contributed by atoms with Crippen molar-refractivity contribution in [2.75, 3.05) is 25.6 Å². The van der Waals surface area contributed by atoms with Gasteiger partial charge in [0.25, 0.3) is 0 Å². The van der Waals surface area contributed by atoms with E-state index in [0.717, 1.165) is 0 Å². The van der Waals surface area contributed by atoms with Crippen LogP contribution in [-0.2, 0) is 10.9 Å². The number of hydrogen-bond donors (Lipinski definition) is 1. The Morgan fingerprint density at radius 2 is 2.13 bits per heavy atom. The van der Waals surface area contributed by atoms with Gasteiger partial charge in [0.1, 0.15) is 0 Å². The molecule has 0 atom stereocenters. The van der Waals surface area contributed by atoms with Gasteiger partial charge in [0.15, 0.2) is 0 Å². The molecule has 0 bridgehead atoms. The number of nitrogens with zero attached hydrogens (tertiary/aromatic N) is 2. The zero-order valence-electron chi connectivity index (χ0n) is 7.97. The third-order valence-corrected chi connectivity index (χ3v) is 2.39. The van der Waals surface area contributed by atoms with Crippen molar-refractivity contribution in [1.82, 2.24) is 10.2 Å².